The Morgan fingerprint density at radius 3 is 2.68 bits per heavy atom. The number of ether oxygens (including phenoxy) is 1. The van der Waals surface area contributed by atoms with Gasteiger partial charge in [-0.3, -0.25) is 4.79 Å². The number of rotatable bonds is 7. The van der Waals surface area contributed by atoms with E-state index >= 15 is 0 Å². The van der Waals surface area contributed by atoms with Gasteiger partial charge in [-0.05, 0) is 37.1 Å². The van der Waals surface area contributed by atoms with Crippen LogP contribution in [0.25, 0.3) is 11.0 Å². The Hall–Kier alpha value is -2.82. The fraction of sp³-hybridized carbons (Fsp3) is 0.300. The molecule has 1 amide bonds. The van der Waals surface area contributed by atoms with Gasteiger partial charge in [-0.15, -0.1) is 0 Å². The zero-order valence-electron chi connectivity index (χ0n) is 14.0. The predicted molar refractivity (Wildman–Crippen MR) is 96.2 cm³/mol. The molecule has 1 N–H and O–H groups in total. The summed E-state index contributed by atoms with van der Waals surface area (Å²) >= 11 is 0. The van der Waals surface area contributed by atoms with Crippen LogP contribution < -0.4 is 10.1 Å². The lowest BCUT2D eigenvalue weighted by Crippen LogP contribution is -2.26. The Labute approximate surface area is 146 Å². The maximum Gasteiger partial charge on any atom is 0.223 e. The number of fused-ring (bicyclic) bond motifs is 1. The SMILES string of the molecule is O=C(NCc1nc2ccccc2n1CCOc1ccccc1)C1CC1. The predicted octanol–water partition coefficient (Wildman–Crippen LogP) is 3.14. The van der Waals surface area contributed by atoms with Gasteiger partial charge < -0.3 is 14.6 Å². The van der Waals surface area contributed by atoms with Gasteiger partial charge >= 0.3 is 0 Å². The molecule has 1 saturated carbocycles. The molecule has 128 valence electrons. The number of hydrogen-bond acceptors (Lipinski definition) is 3. The highest BCUT2D eigenvalue weighted by molar-refractivity contribution is 5.81. The number of hydrogen-bond donors (Lipinski definition) is 1. The summed E-state index contributed by atoms with van der Waals surface area (Å²) in [5.74, 6) is 2.07. The van der Waals surface area contributed by atoms with Crippen LogP contribution in [0.15, 0.2) is 54.6 Å². The van der Waals surface area contributed by atoms with Crippen molar-refractivity contribution in [3.8, 4) is 5.75 Å². The molecule has 1 heterocycles. The zero-order chi connectivity index (χ0) is 17.1. The van der Waals surface area contributed by atoms with Gasteiger partial charge in [0.15, 0.2) is 0 Å². The van der Waals surface area contributed by atoms with Crippen LogP contribution in [0, 0.1) is 5.92 Å². The first kappa shape index (κ1) is 15.7. The summed E-state index contributed by atoms with van der Waals surface area (Å²) in [5, 5.41) is 3.01. The van der Waals surface area contributed by atoms with Gasteiger partial charge in [-0.1, -0.05) is 30.3 Å². The molecule has 1 aliphatic rings. The lowest BCUT2D eigenvalue weighted by Gasteiger charge is -2.11. The van der Waals surface area contributed by atoms with Crippen LogP contribution in [0.2, 0.25) is 0 Å². The monoisotopic (exact) mass is 335 g/mol. The lowest BCUT2D eigenvalue weighted by atomic mass is 10.3. The smallest absolute Gasteiger partial charge is 0.223 e. The number of carbonyl (C=O) groups is 1. The lowest BCUT2D eigenvalue weighted by molar-refractivity contribution is -0.122. The largest absolute Gasteiger partial charge is 0.492 e. The molecular weight excluding hydrogens is 314 g/mol. The molecule has 0 unspecified atom stereocenters. The van der Waals surface area contributed by atoms with E-state index in [1.807, 2.05) is 48.5 Å². The van der Waals surface area contributed by atoms with E-state index in [1.54, 1.807) is 0 Å². The standard InChI is InChI=1S/C20H21N3O2/c24-20(15-10-11-15)21-14-19-22-17-8-4-5-9-18(17)23(19)12-13-25-16-6-2-1-3-7-16/h1-9,15H,10-14H2,(H,21,24). The number of amides is 1. The average molecular weight is 335 g/mol. The summed E-state index contributed by atoms with van der Waals surface area (Å²) in [5.41, 5.74) is 2.01. The van der Waals surface area contributed by atoms with E-state index in [1.165, 1.54) is 0 Å². The van der Waals surface area contributed by atoms with E-state index < -0.39 is 0 Å². The van der Waals surface area contributed by atoms with E-state index in [0.717, 1.165) is 35.4 Å². The summed E-state index contributed by atoms with van der Waals surface area (Å²) in [6, 6.07) is 17.8. The Kier molecular flexibility index (Phi) is 4.37. The van der Waals surface area contributed by atoms with Crippen molar-refractivity contribution < 1.29 is 9.53 Å². The van der Waals surface area contributed by atoms with Crippen LogP contribution in [-0.4, -0.2) is 22.1 Å². The van der Waals surface area contributed by atoms with Crippen LogP contribution in [-0.2, 0) is 17.9 Å². The average Bonchev–Trinajstić information content (AvgIpc) is 3.44. The van der Waals surface area contributed by atoms with Crippen molar-refractivity contribution in [3.05, 3.63) is 60.4 Å². The molecule has 0 atom stereocenters. The number of nitrogens with zero attached hydrogens (tertiary/aromatic N) is 2. The van der Waals surface area contributed by atoms with Crippen molar-refractivity contribution in [1.82, 2.24) is 14.9 Å². The highest BCUT2D eigenvalue weighted by Gasteiger charge is 2.29. The number of nitrogens with one attached hydrogen (secondary N) is 1. The molecule has 5 heteroatoms. The van der Waals surface area contributed by atoms with Gasteiger partial charge in [-0.25, -0.2) is 4.98 Å². The summed E-state index contributed by atoms with van der Waals surface area (Å²) in [7, 11) is 0. The number of benzene rings is 2. The second-order valence-corrected chi connectivity index (χ2v) is 6.32. The van der Waals surface area contributed by atoms with Gasteiger partial charge in [-0.2, -0.15) is 0 Å². The third-order valence-corrected chi connectivity index (χ3v) is 4.43. The fourth-order valence-corrected chi connectivity index (χ4v) is 2.94. The quantitative estimate of drug-likeness (QED) is 0.722. The molecule has 3 aromatic rings. The summed E-state index contributed by atoms with van der Waals surface area (Å²) < 4.78 is 7.95. The highest BCUT2D eigenvalue weighted by Crippen LogP contribution is 2.28. The number of carbonyl (C=O) groups excluding carboxylic acids is 1. The van der Waals surface area contributed by atoms with Crippen molar-refractivity contribution in [3.63, 3.8) is 0 Å². The van der Waals surface area contributed by atoms with Crippen molar-refractivity contribution in [2.45, 2.75) is 25.9 Å². The van der Waals surface area contributed by atoms with Crippen LogP contribution in [0.3, 0.4) is 0 Å². The van der Waals surface area contributed by atoms with Crippen molar-refractivity contribution >= 4 is 16.9 Å². The fourth-order valence-electron chi connectivity index (χ4n) is 2.94. The van der Waals surface area contributed by atoms with Gasteiger partial charge in [0.25, 0.3) is 0 Å². The normalized spacial score (nSPS) is 13.8. The molecule has 5 nitrogen and oxygen atoms in total. The first-order valence-corrected chi connectivity index (χ1v) is 8.71. The molecule has 0 spiro atoms. The van der Waals surface area contributed by atoms with Gasteiger partial charge in [0.2, 0.25) is 5.91 Å². The topological polar surface area (TPSA) is 56.2 Å². The molecule has 1 fully saturated rings. The van der Waals surface area contributed by atoms with Crippen molar-refractivity contribution in [1.29, 1.82) is 0 Å². The van der Waals surface area contributed by atoms with E-state index in [0.29, 0.717) is 19.7 Å². The Bertz CT molecular complexity index is 869. The Morgan fingerprint density at radius 2 is 1.88 bits per heavy atom. The van der Waals surface area contributed by atoms with E-state index in [9.17, 15) is 4.79 Å². The number of aromatic nitrogens is 2. The highest BCUT2D eigenvalue weighted by atomic mass is 16.5. The van der Waals surface area contributed by atoms with Gasteiger partial charge in [0.05, 0.1) is 24.1 Å². The molecule has 2 aromatic carbocycles. The molecule has 0 saturated heterocycles. The van der Waals surface area contributed by atoms with Gasteiger partial charge in [0.1, 0.15) is 18.2 Å². The number of imidazole rings is 1. The third-order valence-electron chi connectivity index (χ3n) is 4.43. The van der Waals surface area contributed by atoms with E-state index in [2.05, 4.69) is 20.9 Å². The molecule has 1 aliphatic carbocycles. The Morgan fingerprint density at radius 1 is 1.12 bits per heavy atom. The second-order valence-electron chi connectivity index (χ2n) is 6.32. The number of para-hydroxylation sites is 3. The molecule has 0 bridgehead atoms. The Balaban J connectivity index is 1.48. The zero-order valence-corrected chi connectivity index (χ0v) is 14.0. The summed E-state index contributed by atoms with van der Waals surface area (Å²) in [6.07, 6.45) is 2.01. The molecule has 0 aliphatic heterocycles. The summed E-state index contributed by atoms with van der Waals surface area (Å²) in [6.45, 7) is 1.69. The first-order valence-electron chi connectivity index (χ1n) is 8.71. The van der Waals surface area contributed by atoms with Gasteiger partial charge in [0, 0.05) is 5.92 Å². The van der Waals surface area contributed by atoms with Crippen LogP contribution in [0.4, 0.5) is 0 Å². The van der Waals surface area contributed by atoms with Crippen LogP contribution in [0.1, 0.15) is 18.7 Å². The molecule has 4 rings (SSSR count). The van der Waals surface area contributed by atoms with E-state index in [-0.39, 0.29) is 11.8 Å². The second kappa shape index (κ2) is 6.97. The van der Waals surface area contributed by atoms with E-state index in [4.69, 9.17) is 4.74 Å². The maximum absolute atomic E-state index is 11.9. The molecule has 0 radical (unpaired) electrons. The minimum Gasteiger partial charge on any atom is -0.492 e. The maximum atomic E-state index is 11.9. The summed E-state index contributed by atoms with van der Waals surface area (Å²) in [4.78, 5) is 16.6. The van der Waals surface area contributed by atoms with Crippen LogP contribution >= 0.6 is 0 Å². The van der Waals surface area contributed by atoms with Crippen LogP contribution in [0.5, 0.6) is 5.75 Å². The first-order chi connectivity index (χ1) is 12.3. The molecule has 1 aromatic heterocycles. The minimum absolute atomic E-state index is 0.138. The third kappa shape index (κ3) is 3.65. The van der Waals surface area contributed by atoms with Crippen molar-refractivity contribution in [2.24, 2.45) is 5.92 Å². The molecule has 25 heavy (non-hydrogen) atoms. The molecular formula is C20H21N3O2. The van der Waals surface area contributed by atoms with Crippen molar-refractivity contribution in [2.75, 3.05) is 6.61 Å². The minimum atomic E-state index is 0.138.